The molecule has 0 aromatic carbocycles. The van der Waals surface area contributed by atoms with Gasteiger partial charge in [-0.1, -0.05) is 207 Å². The van der Waals surface area contributed by atoms with Gasteiger partial charge in [-0.25, -0.2) is 0 Å². The molecule has 0 aromatic rings. The molecule has 0 saturated carbocycles. The van der Waals surface area contributed by atoms with Gasteiger partial charge in [0.15, 0.2) is 0 Å². The minimum absolute atomic E-state index is 0.985. The molecule has 44 heavy (non-hydrogen) atoms. The van der Waals surface area contributed by atoms with E-state index < -0.39 is 0 Å². The van der Waals surface area contributed by atoms with E-state index in [0.717, 1.165) is 11.8 Å². The molecule has 0 rings (SSSR count). The Labute approximate surface area is 290 Å². The first-order valence-electron chi connectivity index (χ1n) is 20.9. The number of hydrogen-bond acceptors (Lipinski definition) is 2. The number of unbranched alkanes of at least 4 members (excludes halogenated alkanes) is 24. The maximum absolute atomic E-state index is 2.34. The molecule has 0 radical (unpaired) electrons. The van der Waals surface area contributed by atoms with Crippen LogP contribution in [0, 0.1) is 11.8 Å². The predicted octanol–water partition coefficient (Wildman–Crippen LogP) is 16.2. The highest BCUT2D eigenvalue weighted by Gasteiger charge is 2.11. The molecule has 266 valence electrons. The lowest BCUT2D eigenvalue weighted by Crippen LogP contribution is -2.07. The van der Waals surface area contributed by atoms with Crippen LogP contribution in [0.3, 0.4) is 0 Å². The van der Waals surface area contributed by atoms with E-state index in [-0.39, 0.29) is 0 Å². The van der Waals surface area contributed by atoms with Gasteiger partial charge in [-0.15, -0.1) is 0 Å². The quantitative estimate of drug-likeness (QED) is 0.0605. The van der Waals surface area contributed by atoms with E-state index in [1.165, 1.54) is 228 Å². The molecule has 0 aromatic heterocycles. The minimum Gasteiger partial charge on any atom is -0.161 e. The molecule has 0 saturated heterocycles. The van der Waals surface area contributed by atoms with Crippen LogP contribution in [0.25, 0.3) is 0 Å². The van der Waals surface area contributed by atoms with Gasteiger partial charge in [0, 0.05) is 11.5 Å². The van der Waals surface area contributed by atoms with Crippen LogP contribution in [-0.2, 0) is 0 Å². The summed E-state index contributed by atoms with van der Waals surface area (Å²) in [7, 11) is 0. The van der Waals surface area contributed by atoms with Crippen molar-refractivity contribution in [1.82, 2.24) is 0 Å². The van der Waals surface area contributed by atoms with Crippen LogP contribution in [0.15, 0.2) is 0 Å². The van der Waals surface area contributed by atoms with E-state index in [2.05, 4.69) is 51.2 Å². The summed E-state index contributed by atoms with van der Waals surface area (Å²) < 4.78 is 0. The Bertz CT molecular complexity index is 448. The number of thioether (sulfide) groups is 2. The standard InChI is InChI=1S/C42H86S2/c1-5-9-13-17-21-23-27-31-35-41(33-29-25-19-15-11-7-3)39-43-37-38-44-40-42(34-30-26-20-16-12-8-4)36-32-28-24-22-18-14-10-6-2/h41-42H,5-40H2,1-4H3. The summed E-state index contributed by atoms with van der Waals surface area (Å²) in [5.74, 6) is 7.61. The van der Waals surface area contributed by atoms with Gasteiger partial charge in [-0.2, -0.15) is 23.5 Å². The predicted molar refractivity (Wildman–Crippen MR) is 212 cm³/mol. The molecule has 0 N–H and O–H groups in total. The maximum atomic E-state index is 2.34. The van der Waals surface area contributed by atoms with Crippen molar-refractivity contribution in [3.63, 3.8) is 0 Å². The Hall–Kier alpha value is 0.700. The maximum Gasteiger partial charge on any atom is 0.00236 e. The van der Waals surface area contributed by atoms with Gasteiger partial charge >= 0.3 is 0 Å². The molecule has 0 amide bonds. The van der Waals surface area contributed by atoms with Crippen molar-refractivity contribution < 1.29 is 0 Å². The van der Waals surface area contributed by atoms with E-state index in [4.69, 9.17) is 0 Å². The minimum atomic E-state index is 0.985. The highest BCUT2D eigenvalue weighted by atomic mass is 32.2. The second kappa shape index (κ2) is 39.9. The lowest BCUT2D eigenvalue weighted by Gasteiger charge is -2.18. The van der Waals surface area contributed by atoms with Gasteiger partial charge in [-0.3, -0.25) is 0 Å². The molecule has 0 nitrogen and oxygen atoms in total. The van der Waals surface area contributed by atoms with Gasteiger partial charge < -0.3 is 0 Å². The third kappa shape index (κ3) is 35.6. The van der Waals surface area contributed by atoms with Crippen LogP contribution in [0.4, 0.5) is 0 Å². The Morgan fingerprint density at radius 1 is 0.273 bits per heavy atom. The normalized spacial score (nSPS) is 13.1. The second-order valence-electron chi connectivity index (χ2n) is 14.5. The van der Waals surface area contributed by atoms with Crippen molar-refractivity contribution >= 4 is 23.5 Å². The fourth-order valence-electron chi connectivity index (χ4n) is 6.80. The topological polar surface area (TPSA) is 0 Å². The Kier molecular flexibility index (Phi) is 40.5. The molecule has 0 spiro atoms. The molecule has 2 unspecified atom stereocenters. The van der Waals surface area contributed by atoms with Crippen molar-refractivity contribution in [3.05, 3.63) is 0 Å². The van der Waals surface area contributed by atoms with Crippen LogP contribution < -0.4 is 0 Å². The summed E-state index contributed by atoms with van der Waals surface area (Å²) in [5.41, 5.74) is 0. The Morgan fingerprint density at radius 2 is 0.477 bits per heavy atom. The van der Waals surface area contributed by atoms with Crippen LogP contribution in [0.5, 0.6) is 0 Å². The molecular weight excluding hydrogens is 569 g/mol. The second-order valence-corrected chi connectivity index (χ2v) is 16.8. The van der Waals surface area contributed by atoms with Crippen molar-refractivity contribution in [2.75, 3.05) is 23.0 Å². The average molecular weight is 655 g/mol. The first kappa shape index (κ1) is 44.7. The summed E-state index contributed by atoms with van der Waals surface area (Å²) in [6.45, 7) is 9.32. The average Bonchev–Trinajstić information content (AvgIpc) is 3.03. The van der Waals surface area contributed by atoms with E-state index in [1.54, 1.807) is 0 Å². The molecule has 0 fully saturated rings. The first-order chi connectivity index (χ1) is 21.8. The zero-order valence-electron chi connectivity index (χ0n) is 31.4. The lowest BCUT2D eigenvalue weighted by molar-refractivity contribution is 0.436. The SMILES string of the molecule is CCCCCCCCCCC(CCCCCCCC)CSCCSCC(CCCCCCCC)CCCCCCCCCC. The van der Waals surface area contributed by atoms with Gasteiger partial charge in [0.2, 0.25) is 0 Å². The summed E-state index contributed by atoms with van der Waals surface area (Å²) in [5, 5.41) is 0. The fourth-order valence-corrected chi connectivity index (χ4v) is 9.41. The van der Waals surface area contributed by atoms with E-state index in [9.17, 15) is 0 Å². The summed E-state index contributed by atoms with van der Waals surface area (Å²) in [6, 6.07) is 0. The van der Waals surface area contributed by atoms with Crippen LogP contribution in [0.1, 0.15) is 233 Å². The van der Waals surface area contributed by atoms with Gasteiger partial charge in [0.05, 0.1) is 0 Å². The van der Waals surface area contributed by atoms with E-state index in [1.807, 2.05) is 0 Å². The zero-order chi connectivity index (χ0) is 32.0. The molecular formula is C42H86S2. The van der Waals surface area contributed by atoms with Crippen molar-refractivity contribution in [2.45, 2.75) is 233 Å². The van der Waals surface area contributed by atoms with Crippen molar-refractivity contribution in [2.24, 2.45) is 11.8 Å². The number of rotatable bonds is 39. The molecule has 0 heterocycles. The molecule has 0 aliphatic rings. The van der Waals surface area contributed by atoms with E-state index >= 15 is 0 Å². The van der Waals surface area contributed by atoms with Gasteiger partial charge in [0.1, 0.15) is 0 Å². The fraction of sp³-hybridized carbons (Fsp3) is 1.00. The third-order valence-corrected chi connectivity index (χ3v) is 12.6. The third-order valence-electron chi connectivity index (χ3n) is 9.94. The van der Waals surface area contributed by atoms with Gasteiger partial charge in [0.25, 0.3) is 0 Å². The van der Waals surface area contributed by atoms with Crippen LogP contribution in [-0.4, -0.2) is 23.0 Å². The summed E-state index contributed by atoms with van der Waals surface area (Å²) >= 11 is 4.61. The van der Waals surface area contributed by atoms with Crippen molar-refractivity contribution in [3.8, 4) is 0 Å². The van der Waals surface area contributed by atoms with Gasteiger partial charge in [-0.05, 0) is 49.0 Å². The molecule has 0 bridgehead atoms. The highest BCUT2D eigenvalue weighted by molar-refractivity contribution is 8.02. The largest absolute Gasteiger partial charge is 0.161 e. The molecule has 2 atom stereocenters. The summed E-state index contributed by atoms with van der Waals surface area (Å²) in [4.78, 5) is 0. The zero-order valence-corrected chi connectivity index (χ0v) is 33.1. The lowest BCUT2D eigenvalue weighted by atomic mass is 9.95. The van der Waals surface area contributed by atoms with E-state index in [0.29, 0.717) is 0 Å². The Balaban J connectivity index is 4.29. The van der Waals surface area contributed by atoms with Crippen LogP contribution in [0.2, 0.25) is 0 Å². The number of hydrogen-bond donors (Lipinski definition) is 0. The molecule has 0 aliphatic heterocycles. The highest BCUT2D eigenvalue weighted by Crippen LogP contribution is 2.26. The Morgan fingerprint density at radius 3 is 0.705 bits per heavy atom. The molecule has 0 aliphatic carbocycles. The smallest absolute Gasteiger partial charge is 0.00236 e. The molecule has 2 heteroatoms. The monoisotopic (exact) mass is 655 g/mol. The van der Waals surface area contributed by atoms with Crippen molar-refractivity contribution in [1.29, 1.82) is 0 Å². The summed E-state index contributed by atoms with van der Waals surface area (Å²) in [6.07, 6.45) is 46.8. The first-order valence-corrected chi connectivity index (χ1v) is 23.2. The van der Waals surface area contributed by atoms with Crippen LogP contribution >= 0.6 is 23.5 Å².